The monoisotopic (exact) mass is 278 g/mol. The molecule has 0 aromatic heterocycles. The average molecular weight is 278 g/mol. The first kappa shape index (κ1) is 16.4. The molecule has 0 heterocycles. The Balaban J connectivity index is 3.10. The van der Waals surface area contributed by atoms with Crippen LogP contribution in [0.4, 0.5) is 0 Å². The minimum Gasteiger partial charge on any atom is -0.466 e. The Morgan fingerprint density at radius 1 is 1.45 bits per heavy atom. The SMILES string of the molecule is COC(=O)/C=C(/C)C=C[C@@]1(O)C(C)=CC(=O)CC1(C)C. The molecule has 1 N–H and O–H groups in total. The second kappa shape index (κ2) is 5.75. The van der Waals surface area contributed by atoms with E-state index in [1.54, 1.807) is 26.0 Å². The summed E-state index contributed by atoms with van der Waals surface area (Å²) >= 11 is 0. The molecule has 0 spiro atoms. The molecule has 0 aromatic rings. The van der Waals surface area contributed by atoms with Gasteiger partial charge in [-0.15, -0.1) is 0 Å². The third-order valence-electron chi connectivity index (χ3n) is 3.76. The highest BCUT2D eigenvalue weighted by Gasteiger charge is 2.46. The van der Waals surface area contributed by atoms with Crippen LogP contribution in [-0.2, 0) is 14.3 Å². The standard InChI is InChI=1S/C16H22O4/c1-11(8-14(18)20-5)6-7-16(19)12(2)9-13(17)10-15(16,3)4/h6-9,19H,10H2,1-5H3/b7-6?,11-8-/t16-/m1/s1. The van der Waals surface area contributed by atoms with Crippen LogP contribution >= 0.6 is 0 Å². The molecule has 0 radical (unpaired) electrons. The number of ketones is 1. The molecule has 0 aliphatic heterocycles. The summed E-state index contributed by atoms with van der Waals surface area (Å²) in [6.45, 7) is 7.19. The molecule has 1 aliphatic rings. The van der Waals surface area contributed by atoms with Crippen LogP contribution in [0.5, 0.6) is 0 Å². The summed E-state index contributed by atoms with van der Waals surface area (Å²) in [6.07, 6.45) is 6.42. The quantitative estimate of drug-likeness (QED) is 0.489. The van der Waals surface area contributed by atoms with Crippen LogP contribution in [-0.4, -0.2) is 29.6 Å². The molecule has 4 nitrogen and oxygen atoms in total. The minimum absolute atomic E-state index is 0.0207. The Morgan fingerprint density at radius 3 is 2.55 bits per heavy atom. The lowest BCUT2D eigenvalue weighted by Gasteiger charge is -2.43. The van der Waals surface area contributed by atoms with Crippen molar-refractivity contribution in [2.75, 3.05) is 7.11 Å². The van der Waals surface area contributed by atoms with Gasteiger partial charge in [-0.25, -0.2) is 4.79 Å². The van der Waals surface area contributed by atoms with Gasteiger partial charge >= 0.3 is 5.97 Å². The van der Waals surface area contributed by atoms with E-state index >= 15 is 0 Å². The van der Waals surface area contributed by atoms with E-state index in [2.05, 4.69) is 4.74 Å². The van der Waals surface area contributed by atoms with Crippen molar-refractivity contribution in [2.24, 2.45) is 5.41 Å². The topological polar surface area (TPSA) is 63.6 Å². The van der Waals surface area contributed by atoms with Crippen molar-refractivity contribution >= 4 is 11.8 Å². The second-order valence-corrected chi connectivity index (χ2v) is 5.87. The lowest BCUT2D eigenvalue weighted by atomic mass is 9.64. The Morgan fingerprint density at radius 2 is 2.05 bits per heavy atom. The number of rotatable bonds is 3. The van der Waals surface area contributed by atoms with Gasteiger partial charge in [-0.2, -0.15) is 0 Å². The molecule has 1 aliphatic carbocycles. The number of carbonyl (C=O) groups excluding carboxylic acids is 2. The van der Waals surface area contributed by atoms with E-state index in [4.69, 9.17) is 0 Å². The van der Waals surface area contributed by atoms with Crippen molar-refractivity contribution < 1.29 is 19.4 Å². The molecule has 20 heavy (non-hydrogen) atoms. The van der Waals surface area contributed by atoms with Gasteiger partial charge in [0.2, 0.25) is 0 Å². The van der Waals surface area contributed by atoms with Crippen molar-refractivity contribution in [1.29, 1.82) is 0 Å². The first-order chi connectivity index (χ1) is 9.12. The minimum atomic E-state index is -1.20. The first-order valence-electron chi connectivity index (χ1n) is 6.52. The van der Waals surface area contributed by atoms with Gasteiger partial charge in [0.25, 0.3) is 0 Å². The molecule has 1 rings (SSSR count). The van der Waals surface area contributed by atoms with Crippen LogP contribution in [0.3, 0.4) is 0 Å². The van der Waals surface area contributed by atoms with E-state index in [1.165, 1.54) is 19.3 Å². The molecule has 4 heteroatoms. The number of ether oxygens (including phenoxy) is 1. The second-order valence-electron chi connectivity index (χ2n) is 5.87. The van der Waals surface area contributed by atoms with Crippen molar-refractivity contribution in [1.82, 2.24) is 0 Å². The van der Waals surface area contributed by atoms with Crippen molar-refractivity contribution in [3.8, 4) is 0 Å². The smallest absolute Gasteiger partial charge is 0.330 e. The maximum Gasteiger partial charge on any atom is 0.330 e. The van der Waals surface area contributed by atoms with Crippen LogP contribution in [0, 0.1) is 5.41 Å². The molecule has 0 unspecified atom stereocenters. The van der Waals surface area contributed by atoms with E-state index in [-0.39, 0.29) is 12.2 Å². The number of aliphatic hydroxyl groups is 1. The molecule has 0 bridgehead atoms. The van der Waals surface area contributed by atoms with E-state index in [0.717, 1.165) is 0 Å². The molecule has 0 saturated carbocycles. The number of hydrogen-bond acceptors (Lipinski definition) is 4. The van der Waals surface area contributed by atoms with Gasteiger partial charge in [-0.3, -0.25) is 4.79 Å². The fraction of sp³-hybridized carbons (Fsp3) is 0.500. The van der Waals surface area contributed by atoms with Crippen LogP contribution in [0.1, 0.15) is 34.1 Å². The van der Waals surface area contributed by atoms with Gasteiger partial charge in [0, 0.05) is 17.9 Å². The highest BCUT2D eigenvalue weighted by molar-refractivity contribution is 5.92. The third-order valence-corrected chi connectivity index (χ3v) is 3.76. The van der Waals surface area contributed by atoms with Crippen molar-refractivity contribution in [2.45, 2.75) is 39.7 Å². The Hall–Kier alpha value is -1.68. The lowest BCUT2D eigenvalue weighted by Crippen LogP contribution is -2.48. The first-order valence-corrected chi connectivity index (χ1v) is 6.52. The van der Waals surface area contributed by atoms with Crippen molar-refractivity contribution in [3.63, 3.8) is 0 Å². The zero-order valence-electron chi connectivity index (χ0n) is 12.7. The number of methoxy groups -OCH3 is 1. The zero-order chi connectivity index (χ0) is 15.6. The number of esters is 1. The largest absolute Gasteiger partial charge is 0.466 e. The molecule has 0 fully saturated rings. The van der Waals surface area contributed by atoms with Gasteiger partial charge in [-0.05, 0) is 37.1 Å². The molecule has 0 saturated heterocycles. The Bertz CT molecular complexity index is 509. The maximum atomic E-state index is 11.6. The van der Waals surface area contributed by atoms with Gasteiger partial charge in [0.05, 0.1) is 7.11 Å². The number of allylic oxidation sites excluding steroid dienone is 3. The zero-order valence-corrected chi connectivity index (χ0v) is 12.7. The third kappa shape index (κ3) is 3.25. The highest BCUT2D eigenvalue weighted by Crippen LogP contribution is 2.44. The predicted molar refractivity (Wildman–Crippen MR) is 77.0 cm³/mol. The van der Waals surface area contributed by atoms with E-state index in [1.807, 2.05) is 13.8 Å². The normalized spacial score (nSPS) is 26.6. The van der Waals surface area contributed by atoms with E-state index < -0.39 is 17.0 Å². The summed E-state index contributed by atoms with van der Waals surface area (Å²) in [5.41, 5.74) is -0.511. The summed E-state index contributed by atoms with van der Waals surface area (Å²) in [6, 6.07) is 0. The van der Waals surface area contributed by atoms with E-state index in [9.17, 15) is 14.7 Å². The molecule has 1 atom stereocenters. The fourth-order valence-corrected chi connectivity index (χ4v) is 2.41. The summed E-state index contributed by atoms with van der Waals surface area (Å²) in [4.78, 5) is 22.8. The lowest BCUT2D eigenvalue weighted by molar-refractivity contribution is -0.134. The van der Waals surface area contributed by atoms with Crippen LogP contribution in [0.15, 0.2) is 35.5 Å². The molecular formula is C16H22O4. The van der Waals surface area contributed by atoms with Gasteiger partial charge in [-0.1, -0.05) is 19.9 Å². The Labute approximate surface area is 119 Å². The summed E-state index contributed by atoms with van der Waals surface area (Å²) in [7, 11) is 1.31. The average Bonchev–Trinajstić information content (AvgIpc) is 2.32. The van der Waals surface area contributed by atoms with Crippen LogP contribution < -0.4 is 0 Å². The number of carbonyl (C=O) groups is 2. The predicted octanol–water partition coefficient (Wildman–Crippen LogP) is 2.34. The summed E-state index contributed by atoms with van der Waals surface area (Å²) in [5.74, 6) is -0.420. The summed E-state index contributed by atoms with van der Waals surface area (Å²) in [5, 5.41) is 10.9. The van der Waals surface area contributed by atoms with Gasteiger partial charge in [0.1, 0.15) is 5.60 Å². The highest BCUT2D eigenvalue weighted by atomic mass is 16.5. The van der Waals surface area contributed by atoms with E-state index in [0.29, 0.717) is 11.1 Å². The molecule has 0 aromatic carbocycles. The summed E-state index contributed by atoms with van der Waals surface area (Å²) < 4.78 is 4.55. The van der Waals surface area contributed by atoms with Gasteiger partial charge in [0.15, 0.2) is 5.78 Å². The van der Waals surface area contributed by atoms with Crippen LogP contribution in [0.2, 0.25) is 0 Å². The molecule has 0 amide bonds. The van der Waals surface area contributed by atoms with Gasteiger partial charge < -0.3 is 9.84 Å². The van der Waals surface area contributed by atoms with Crippen LogP contribution in [0.25, 0.3) is 0 Å². The number of hydrogen-bond donors (Lipinski definition) is 1. The maximum absolute atomic E-state index is 11.6. The molecular weight excluding hydrogens is 256 g/mol. The van der Waals surface area contributed by atoms with Crippen molar-refractivity contribution in [3.05, 3.63) is 35.5 Å². The fourth-order valence-electron chi connectivity index (χ4n) is 2.41. The molecule has 110 valence electrons. The Kier molecular flexibility index (Phi) is 4.71.